The van der Waals surface area contributed by atoms with E-state index in [1.807, 2.05) is 24.3 Å². The highest BCUT2D eigenvalue weighted by Gasteiger charge is 2.51. The van der Waals surface area contributed by atoms with Gasteiger partial charge in [0.2, 0.25) is 0 Å². The van der Waals surface area contributed by atoms with Crippen molar-refractivity contribution in [2.24, 2.45) is 0 Å². The lowest BCUT2D eigenvalue weighted by atomic mass is 9.77. The highest BCUT2D eigenvalue weighted by atomic mass is 16.5. The minimum atomic E-state index is -0.947. The Kier molecular flexibility index (Phi) is 3.18. The number of amides is 1. The molecule has 4 N–H and O–H groups in total. The van der Waals surface area contributed by atoms with Crippen LogP contribution in [0.5, 0.6) is 11.5 Å². The van der Waals surface area contributed by atoms with E-state index in [1.165, 1.54) is 0 Å². The molecule has 6 heteroatoms. The van der Waals surface area contributed by atoms with Gasteiger partial charge in [-0.15, -0.1) is 0 Å². The summed E-state index contributed by atoms with van der Waals surface area (Å²) < 4.78 is 10.8. The molecule has 6 nitrogen and oxygen atoms in total. The van der Waals surface area contributed by atoms with Gasteiger partial charge in [-0.05, 0) is 47.9 Å². The number of nitrogens with one attached hydrogen (secondary N) is 2. The van der Waals surface area contributed by atoms with Crippen LogP contribution < -0.4 is 25.8 Å². The molecule has 1 atom stereocenters. The second-order valence-corrected chi connectivity index (χ2v) is 6.05. The molecule has 0 aromatic heterocycles. The predicted octanol–water partition coefficient (Wildman–Crippen LogP) is 1.63. The Hall–Kier alpha value is -2.73. The zero-order chi connectivity index (χ0) is 16.9. The molecule has 2 aliphatic heterocycles. The number of carbonyl (C=O) groups excluding carboxylic acids is 1. The van der Waals surface area contributed by atoms with Crippen molar-refractivity contribution in [3.05, 3.63) is 47.0 Å². The normalized spacial score (nSPS) is 21.2. The fourth-order valence-corrected chi connectivity index (χ4v) is 3.72. The summed E-state index contributed by atoms with van der Waals surface area (Å²) in [6.07, 6.45) is 0.808. The maximum atomic E-state index is 12.9. The van der Waals surface area contributed by atoms with Crippen LogP contribution in [0.1, 0.15) is 16.7 Å². The molecule has 0 saturated carbocycles. The molecule has 4 rings (SSSR count). The van der Waals surface area contributed by atoms with Crippen molar-refractivity contribution < 1.29 is 14.3 Å². The van der Waals surface area contributed by atoms with E-state index in [0.717, 1.165) is 28.8 Å². The molecule has 2 aromatic carbocycles. The van der Waals surface area contributed by atoms with Gasteiger partial charge < -0.3 is 20.5 Å². The summed E-state index contributed by atoms with van der Waals surface area (Å²) >= 11 is 0. The van der Waals surface area contributed by atoms with Crippen LogP contribution in [-0.4, -0.2) is 26.7 Å². The van der Waals surface area contributed by atoms with Gasteiger partial charge in [-0.25, -0.2) is 0 Å². The maximum Gasteiger partial charge on any atom is 0.254 e. The van der Waals surface area contributed by atoms with E-state index in [4.69, 9.17) is 15.2 Å². The number of anilines is 2. The number of fused-ring (bicyclic) bond motifs is 4. The van der Waals surface area contributed by atoms with Gasteiger partial charge in [-0.2, -0.15) is 0 Å². The van der Waals surface area contributed by atoms with E-state index in [1.54, 1.807) is 20.3 Å². The zero-order valence-electron chi connectivity index (χ0n) is 13.6. The Morgan fingerprint density at radius 2 is 1.83 bits per heavy atom. The number of nitrogens with two attached hydrogens (primary N) is 1. The van der Waals surface area contributed by atoms with Crippen LogP contribution >= 0.6 is 0 Å². The number of hydrogen-bond donors (Lipinski definition) is 3. The molecule has 0 saturated heterocycles. The molecule has 2 aliphatic rings. The van der Waals surface area contributed by atoms with Gasteiger partial charge in [0.05, 0.1) is 14.2 Å². The third-order valence-electron chi connectivity index (χ3n) is 4.83. The monoisotopic (exact) mass is 325 g/mol. The molecule has 2 aromatic rings. The summed E-state index contributed by atoms with van der Waals surface area (Å²) in [5, 5.41) is 6.37. The lowest BCUT2D eigenvalue weighted by Gasteiger charge is -2.36. The summed E-state index contributed by atoms with van der Waals surface area (Å²) in [5.41, 5.74) is 9.23. The minimum absolute atomic E-state index is 0.101. The summed E-state index contributed by atoms with van der Waals surface area (Å²) in [5.74, 6) is 1.17. The highest BCUT2D eigenvalue weighted by molar-refractivity contribution is 6.09. The molecule has 124 valence electrons. The van der Waals surface area contributed by atoms with Crippen LogP contribution in [0.15, 0.2) is 30.3 Å². The average molecular weight is 325 g/mol. The third kappa shape index (κ3) is 1.83. The SMILES string of the molecule is COc1cc2c(cc1OC)C1(NCC2)C(=O)Nc2ccc(N)cc21. The molecule has 0 radical (unpaired) electrons. The van der Waals surface area contributed by atoms with Crippen molar-refractivity contribution in [1.82, 2.24) is 5.32 Å². The van der Waals surface area contributed by atoms with Gasteiger partial charge in [-0.1, -0.05) is 0 Å². The second-order valence-electron chi connectivity index (χ2n) is 6.05. The molecule has 1 amide bonds. The number of methoxy groups -OCH3 is 2. The minimum Gasteiger partial charge on any atom is -0.493 e. The smallest absolute Gasteiger partial charge is 0.254 e. The van der Waals surface area contributed by atoms with E-state index in [9.17, 15) is 4.79 Å². The standard InChI is InChI=1S/C18H19N3O3/c1-23-15-7-10-5-6-20-18(12(10)9-16(15)24-2)13-8-11(19)3-4-14(13)21-17(18)22/h3-4,7-9,20H,5-6,19H2,1-2H3,(H,21,22). The number of ether oxygens (including phenoxy) is 2. The lowest BCUT2D eigenvalue weighted by Crippen LogP contribution is -2.52. The average Bonchev–Trinajstić information content (AvgIpc) is 2.86. The lowest BCUT2D eigenvalue weighted by molar-refractivity contribution is -0.120. The third-order valence-corrected chi connectivity index (χ3v) is 4.83. The number of benzene rings is 2. The second kappa shape index (κ2) is 5.14. The van der Waals surface area contributed by atoms with Gasteiger partial charge in [0.25, 0.3) is 5.91 Å². The Labute approximate surface area is 139 Å². The van der Waals surface area contributed by atoms with Crippen molar-refractivity contribution in [2.45, 2.75) is 12.0 Å². The number of carbonyl (C=O) groups is 1. The summed E-state index contributed by atoms with van der Waals surface area (Å²) in [6.45, 7) is 0.685. The van der Waals surface area contributed by atoms with Gasteiger partial charge in [-0.3, -0.25) is 10.1 Å². The van der Waals surface area contributed by atoms with E-state index in [-0.39, 0.29) is 5.91 Å². The quantitative estimate of drug-likeness (QED) is 0.731. The first-order valence-electron chi connectivity index (χ1n) is 7.82. The summed E-state index contributed by atoms with van der Waals surface area (Å²) in [7, 11) is 3.20. The van der Waals surface area contributed by atoms with Gasteiger partial charge >= 0.3 is 0 Å². The topological polar surface area (TPSA) is 85.6 Å². The van der Waals surface area contributed by atoms with Crippen molar-refractivity contribution in [1.29, 1.82) is 0 Å². The van der Waals surface area contributed by atoms with Crippen molar-refractivity contribution >= 4 is 17.3 Å². The first kappa shape index (κ1) is 14.8. The molecule has 2 heterocycles. The van der Waals surface area contributed by atoms with Crippen molar-refractivity contribution in [3.63, 3.8) is 0 Å². The maximum absolute atomic E-state index is 12.9. The highest BCUT2D eigenvalue weighted by Crippen LogP contribution is 2.47. The van der Waals surface area contributed by atoms with Crippen LogP contribution in [0, 0.1) is 0 Å². The molecule has 1 spiro atoms. The summed E-state index contributed by atoms with van der Waals surface area (Å²) in [4.78, 5) is 12.9. The first-order chi connectivity index (χ1) is 11.6. The van der Waals surface area contributed by atoms with Crippen molar-refractivity contribution in [2.75, 3.05) is 31.8 Å². The fourth-order valence-electron chi connectivity index (χ4n) is 3.72. The van der Waals surface area contributed by atoms with Crippen LogP contribution in [0.3, 0.4) is 0 Å². The fraction of sp³-hybridized carbons (Fsp3) is 0.278. The van der Waals surface area contributed by atoms with E-state index < -0.39 is 5.54 Å². The van der Waals surface area contributed by atoms with Crippen LogP contribution in [0.25, 0.3) is 0 Å². The molecular weight excluding hydrogens is 306 g/mol. The van der Waals surface area contributed by atoms with E-state index in [0.29, 0.717) is 23.7 Å². The predicted molar refractivity (Wildman–Crippen MR) is 91.5 cm³/mol. The molecular formula is C18H19N3O3. The molecule has 1 unspecified atom stereocenters. The van der Waals surface area contributed by atoms with Crippen molar-refractivity contribution in [3.8, 4) is 11.5 Å². The van der Waals surface area contributed by atoms with E-state index >= 15 is 0 Å². The molecule has 0 aliphatic carbocycles. The first-order valence-corrected chi connectivity index (χ1v) is 7.82. The van der Waals surface area contributed by atoms with Crippen LogP contribution in [0.4, 0.5) is 11.4 Å². The Morgan fingerprint density at radius 3 is 2.58 bits per heavy atom. The molecule has 0 bridgehead atoms. The van der Waals surface area contributed by atoms with Gasteiger partial charge in [0.1, 0.15) is 0 Å². The van der Waals surface area contributed by atoms with Gasteiger partial charge in [0.15, 0.2) is 17.0 Å². The molecule has 0 fully saturated rings. The number of hydrogen-bond acceptors (Lipinski definition) is 5. The Balaban J connectivity index is 2.00. The zero-order valence-corrected chi connectivity index (χ0v) is 13.6. The molecule has 24 heavy (non-hydrogen) atoms. The largest absolute Gasteiger partial charge is 0.493 e. The van der Waals surface area contributed by atoms with Crippen LogP contribution in [0.2, 0.25) is 0 Å². The van der Waals surface area contributed by atoms with Gasteiger partial charge in [0, 0.05) is 23.5 Å². The van der Waals surface area contributed by atoms with Crippen LogP contribution in [-0.2, 0) is 16.8 Å². The van der Waals surface area contributed by atoms with E-state index in [2.05, 4.69) is 10.6 Å². The number of nitrogen functional groups attached to an aromatic ring is 1. The summed E-state index contributed by atoms with van der Waals surface area (Å²) in [6, 6.07) is 9.32. The number of rotatable bonds is 2. The Morgan fingerprint density at radius 1 is 1.08 bits per heavy atom. The Bertz CT molecular complexity index is 850.